The van der Waals surface area contributed by atoms with Gasteiger partial charge in [-0.15, -0.1) is 0 Å². The Morgan fingerprint density at radius 2 is 1.46 bits per heavy atom. The topological polar surface area (TPSA) is 18.5 Å². The Hall–Kier alpha value is -3.07. The van der Waals surface area contributed by atoms with Crippen molar-refractivity contribution in [2.75, 3.05) is 13.9 Å². The Balaban J connectivity index is 1.89. The third-order valence-corrected chi connectivity index (χ3v) is 8.75. The molecule has 0 heterocycles. The van der Waals surface area contributed by atoms with Crippen LogP contribution < -0.4 is 10.0 Å². The van der Waals surface area contributed by atoms with Crippen molar-refractivity contribution < 1.29 is 18.3 Å². The van der Waals surface area contributed by atoms with Gasteiger partial charge < -0.3 is 9.47 Å². The molecule has 2 atom stereocenters. The van der Waals surface area contributed by atoms with Gasteiger partial charge in [-0.25, -0.2) is 8.78 Å². The first-order valence-electron chi connectivity index (χ1n) is 13.5. The van der Waals surface area contributed by atoms with Gasteiger partial charge in [0.15, 0.2) is 6.79 Å². The van der Waals surface area contributed by atoms with E-state index in [0.717, 1.165) is 48.6 Å². The van der Waals surface area contributed by atoms with E-state index in [1.165, 1.54) is 22.8 Å². The number of methoxy groups -OCH3 is 1. The monoisotopic (exact) mass is 546 g/mol. The number of halogens is 2. The molecule has 0 aliphatic heterocycles. The first-order chi connectivity index (χ1) is 18.9. The van der Waals surface area contributed by atoms with Crippen LogP contribution in [0, 0.1) is 11.6 Å². The van der Waals surface area contributed by atoms with Crippen LogP contribution in [-0.4, -0.2) is 13.9 Å². The fourth-order valence-electron chi connectivity index (χ4n) is 5.02. The van der Waals surface area contributed by atoms with Gasteiger partial charge in [-0.05, 0) is 47.2 Å². The second kappa shape index (κ2) is 13.8. The minimum Gasteiger partial charge on any atom is -0.467 e. The van der Waals surface area contributed by atoms with Crippen molar-refractivity contribution in [1.82, 2.24) is 0 Å². The van der Waals surface area contributed by atoms with Crippen molar-refractivity contribution in [1.29, 1.82) is 0 Å². The molecule has 4 aromatic rings. The van der Waals surface area contributed by atoms with Crippen LogP contribution in [0.4, 0.5) is 8.78 Å². The molecule has 5 heteroatoms. The highest BCUT2D eigenvalue weighted by molar-refractivity contribution is 7.48. The molecular weight excluding hydrogens is 509 g/mol. The Morgan fingerprint density at radius 1 is 0.795 bits per heavy atom. The van der Waals surface area contributed by atoms with E-state index in [2.05, 4.69) is 62.4 Å². The molecular formula is C34H37F2O2P. The van der Waals surface area contributed by atoms with E-state index in [0.29, 0.717) is 11.7 Å². The average Bonchev–Trinajstić information content (AvgIpc) is 2.94. The molecule has 0 N–H and O–H groups in total. The van der Waals surface area contributed by atoms with E-state index in [1.807, 2.05) is 24.3 Å². The summed E-state index contributed by atoms with van der Waals surface area (Å²) in [4.78, 5) is 0. The fourth-order valence-corrected chi connectivity index (χ4v) is 6.59. The molecule has 0 saturated carbocycles. The molecule has 0 aliphatic carbocycles. The minimum absolute atomic E-state index is 0.0986. The van der Waals surface area contributed by atoms with Crippen LogP contribution in [0.15, 0.2) is 91.0 Å². The first kappa shape index (κ1) is 28.9. The normalized spacial score (nSPS) is 13.1. The third kappa shape index (κ3) is 7.75. The number of rotatable bonds is 13. The summed E-state index contributed by atoms with van der Waals surface area (Å²) in [6.45, 7) is 4.47. The lowest BCUT2D eigenvalue weighted by atomic mass is 9.87. The number of hydrogen-bond donors (Lipinski definition) is 0. The summed E-state index contributed by atoms with van der Waals surface area (Å²) in [6.07, 6.45) is 4.32. The van der Waals surface area contributed by atoms with E-state index >= 15 is 0 Å². The zero-order valence-electron chi connectivity index (χ0n) is 23.0. The average molecular weight is 547 g/mol. The summed E-state index contributed by atoms with van der Waals surface area (Å²) in [5.74, 6) is -0.262. The van der Waals surface area contributed by atoms with Gasteiger partial charge in [0.05, 0.1) is 0 Å². The van der Waals surface area contributed by atoms with Crippen molar-refractivity contribution >= 4 is 13.9 Å². The molecule has 0 saturated heterocycles. The smallest absolute Gasteiger partial charge is 0.188 e. The molecule has 4 rings (SSSR count). The molecule has 0 bridgehead atoms. The maximum Gasteiger partial charge on any atom is 0.188 e. The fraction of sp³-hybridized carbons (Fsp3) is 0.294. The van der Waals surface area contributed by atoms with E-state index in [4.69, 9.17) is 9.47 Å². The Morgan fingerprint density at radius 3 is 2.08 bits per heavy atom. The molecule has 0 aromatic heterocycles. The van der Waals surface area contributed by atoms with Gasteiger partial charge >= 0.3 is 0 Å². The maximum atomic E-state index is 15.0. The Labute approximate surface area is 233 Å². The SMILES string of the molecule is CCCCC(C)(Pc1ccc(F)cc1F)c1cc(Cc2ccccc2)cc(Cc2ccccc2)c1OCOC. The van der Waals surface area contributed by atoms with Crippen LogP contribution in [0.5, 0.6) is 5.75 Å². The van der Waals surface area contributed by atoms with Crippen molar-refractivity contribution in [2.24, 2.45) is 0 Å². The molecule has 204 valence electrons. The van der Waals surface area contributed by atoms with Gasteiger partial charge in [0.25, 0.3) is 0 Å². The highest BCUT2D eigenvalue weighted by Gasteiger charge is 2.33. The van der Waals surface area contributed by atoms with E-state index in [9.17, 15) is 8.78 Å². The predicted octanol–water partition coefficient (Wildman–Crippen LogP) is 8.54. The van der Waals surface area contributed by atoms with Crippen LogP contribution in [0.2, 0.25) is 0 Å². The number of hydrogen-bond acceptors (Lipinski definition) is 2. The molecule has 2 nitrogen and oxygen atoms in total. The molecule has 0 aliphatic rings. The lowest BCUT2D eigenvalue weighted by Gasteiger charge is -2.34. The zero-order chi connectivity index (χ0) is 27.7. The molecule has 0 fully saturated rings. The lowest BCUT2D eigenvalue weighted by molar-refractivity contribution is 0.0493. The number of unbranched alkanes of at least 4 members (excludes halogenated alkanes) is 1. The van der Waals surface area contributed by atoms with Crippen LogP contribution in [0.25, 0.3) is 0 Å². The summed E-state index contributed by atoms with van der Waals surface area (Å²) in [6, 6.07) is 29.1. The summed E-state index contributed by atoms with van der Waals surface area (Å²) < 4.78 is 40.4. The van der Waals surface area contributed by atoms with Gasteiger partial charge in [-0.3, -0.25) is 0 Å². The van der Waals surface area contributed by atoms with Gasteiger partial charge in [-0.2, -0.15) is 0 Å². The standard InChI is InChI=1S/C34H37F2O2P/c1-4-5-18-34(2,39-32-17-16-29(35)23-31(32)36)30-22-27(19-25-12-8-6-9-13-25)21-28(33(30)38-24-37-3)20-26-14-10-7-11-15-26/h6-17,21-23,39H,4-5,18-20,24H2,1-3H3. The van der Waals surface area contributed by atoms with Crippen LogP contribution in [0.3, 0.4) is 0 Å². The zero-order valence-corrected chi connectivity index (χ0v) is 24.0. The molecule has 39 heavy (non-hydrogen) atoms. The molecule has 0 amide bonds. The molecule has 0 spiro atoms. The van der Waals surface area contributed by atoms with Gasteiger partial charge in [0, 0.05) is 35.6 Å². The van der Waals surface area contributed by atoms with E-state index in [-0.39, 0.29) is 15.4 Å². The van der Waals surface area contributed by atoms with Crippen LogP contribution in [-0.2, 0) is 22.7 Å². The second-order valence-corrected chi connectivity index (χ2v) is 12.1. The lowest BCUT2D eigenvalue weighted by Crippen LogP contribution is -2.23. The largest absolute Gasteiger partial charge is 0.467 e. The van der Waals surface area contributed by atoms with Crippen molar-refractivity contribution in [3.8, 4) is 5.75 Å². The number of ether oxygens (including phenoxy) is 2. The van der Waals surface area contributed by atoms with Crippen molar-refractivity contribution in [3.05, 3.63) is 130 Å². The van der Waals surface area contributed by atoms with Gasteiger partial charge in [0.2, 0.25) is 0 Å². The maximum absolute atomic E-state index is 15.0. The molecule has 4 aromatic carbocycles. The summed E-state index contributed by atoms with van der Waals surface area (Å²) in [5.41, 5.74) is 5.72. The summed E-state index contributed by atoms with van der Waals surface area (Å²) >= 11 is 0. The van der Waals surface area contributed by atoms with Crippen molar-refractivity contribution in [2.45, 2.75) is 51.1 Å². The van der Waals surface area contributed by atoms with Crippen LogP contribution in [0.1, 0.15) is 60.9 Å². The van der Waals surface area contributed by atoms with Gasteiger partial charge in [-0.1, -0.05) is 108 Å². The van der Waals surface area contributed by atoms with E-state index in [1.54, 1.807) is 13.2 Å². The molecule has 2 unspecified atom stereocenters. The second-order valence-electron chi connectivity index (χ2n) is 10.2. The molecule has 0 radical (unpaired) electrons. The Bertz CT molecular complexity index is 1340. The summed E-state index contributed by atoms with van der Waals surface area (Å²) in [5, 5.41) is 0.112. The quantitative estimate of drug-likeness (QED) is 0.124. The van der Waals surface area contributed by atoms with Gasteiger partial charge in [0.1, 0.15) is 17.4 Å². The Kier molecular flexibility index (Phi) is 10.3. The minimum atomic E-state index is -0.560. The van der Waals surface area contributed by atoms with Crippen molar-refractivity contribution in [3.63, 3.8) is 0 Å². The van der Waals surface area contributed by atoms with E-state index < -0.39 is 16.8 Å². The summed E-state index contributed by atoms with van der Waals surface area (Å²) in [7, 11) is 1.72. The third-order valence-electron chi connectivity index (χ3n) is 7.00. The predicted molar refractivity (Wildman–Crippen MR) is 159 cm³/mol. The highest BCUT2D eigenvalue weighted by atomic mass is 31.1. The van der Waals surface area contributed by atoms with Crippen LogP contribution >= 0.6 is 8.58 Å². The highest BCUT2D eigenvalue weighted by Crippen LogP contribution is 2.50. The number of benzene rings is 4. The first-order valence-corrected chi connectivity index (χ1v) is 14.5.